The van der Waals surface area contributed by atoms with Crippen molar-refractivity contribution in [2.24, 2.45) is 0 Å². The smallest absolute Gasteiger partial charge is 0.00966 e. The van der Waals surface area contributed by atoms with Crippen molar-refractivity contribution in [1.29, 1.82) is 0 Å². The molecule has 0 aliphatic rings. The topological polar surface area (TPSA) is 12.0 Å². The zero-order valence-corrected chi connectivity index (χ0v) is 8.57. The van der Waals surface area contributed by atoms with Crippen LogP contribution < -0.4 is 5.32 Å². The molecule has 0 rings (SSSR count). The Morgan fingerprint density at radius 2 is 2.08 bits per heavy atom. The minimum Gasteiger partial charge on any atom is -0.312 e. The lowest BCUT2D eigenvalue weighted by Crippen LogP contribution is -2.36. The molecule has 0 spiro atoms. The highest BCUT2D eigenvalue weighted by atomic mass is 14.9. The van der Waals surface area contributed by atoms with Gasteiger partial charge in [-0.3, -0.25) is 0 Å². The number of rotatable bonds is 3. The first-order valence-electron chi connectivity index (χ1n) is 4.34. The van der Waals surface area contributed by atoms with Gasteiger partial charge in [0.15, 0.2) is 0 Å². The third-order valence-electron chi connectivity index (χ3n) is 1.48. The monoisotopic (exact) mass is 165 g/mol. The van der Waals surface area contributed by atoms with Gasteiger partial charge in [0.2, 0.25) is 0 Å². The van der Waals surface area contributed by atoms with Gasteiger partial charge in [-0.05, 0) is 46.2 Å². The van der Waals surface area contributed by atoms with E-state index in [1.54, 1.807) is 0 Å². The summed E-state index contributed by atoms with van der Waals surface area (Å²) in [5.41, 5.74) is 1.23. The Kier molecular flexibility index (Phi) is 4.70. The predicted octanol–water partition coefficient (Wildman–Crippen LogP) is 2.34. The summed E-state index contributed by atoms with van der Waals surface area (Å²) in [4.78, 5) is 0. The summed E-state index contributed by atoms with van der Waals surface area (Å²) >= 11 is 0. The molecule has 68 valence electrons. The van der Waals surface area contributed by atoms with Crippen molar-refractivity contribution in [3.63, 3.8) is 0 Å². The van der Waals surface area contributed by atoms with E-state index in [0.717, 1.165) is 18.5 Å². The van der Waals surface area contributed by atoms with Crippen LogP contribution in [0, 0.1) is 12.3 Å². The molecule has 0 aromatic heterocycles. The highest BCUT2D eigenvalue weighted by molar-refractivity contribution is 5.22. The molecule has 1 nitrogen and oxygen atoms in total. The van der Waals surface area contributed by atoms with Crippen LogP contribution in [0.3, 0.4) is 0 Å². The normalized spacial score (nSPS) is 12.8. The van der Waals surface area contributed by atoms with E-state index in [1.165, 1.54) is 0 Å². The summed E-state index contributed by atoms with van der Waals surface area (Å²) in [6.07, 6.45) is 8.29. The van der Waals surface area contributed by atoms with Gasteiger partial charge in [0.1, 0.15) is 0 Å². The van der Waals surface area contributed by atoms with Crippen LogP contribution in [0.1, 0.15) is 34.1 Å². The van der Waals surface area contributed by atoms with E-state index in [1.807, 2.05) is 6.92 Å². The van der Waals surface area contributed by atoms with Gasteiger partial charge in [-0.15, -0.1) is 6.42 Å². The number of hydrogen-bond donors (Lipinski definition) is 1. The first kappa shape index (κ1) is 11.3. The van der Waals surface area contributed by atoms with Gasteiger partial charge in [0, 0.05) is 5.54 Å². The molecular weight excluding hydrogens is 146 g/mol. The molecule has 0 aliphatic heterocycles. The number of allylic oxidation sites excluding steroid dienone is 1. The average molecular weight is 165 g/mol. The van der Waals surface area contributed by atoms with Crippen LogP contribution >= 0.6 is 0 Å². The third-order valence-corrected chi connectivity index (χ3v) is 1.48. The molecule has 0 bridgehead atoms. The van der Waals surface area contributed by atoms with Crippen LogP contribution in [0.25, 0.3) is 0 Å². The fourth-order valence-corrected chi connectivity index (χ4v) is 0.795. The second-order valence-corrected chi connectivity index (χ2v) is 4.00. The summed E-state index contributed by atoms with van der Waals surface area (Å²) in [5, 5.41) is 3.39. The minimum atomic E-state index is 0.206. The molecular formula is C11H19N. The van der Waals surface area contributed by atoms with Crippen LogP contribution in [-0.4, -0.2) is 12.1 Å². The van der Waals surface area contributed by atoms with Gasteiger partial charge >= 0.3 is 0 Å². The van der Waals surface area contributed by atoms with Gasteiger partial charge < -0.3 is 5.32 Å². The number of terminal acetylenes is 1. The molecule has 0 aliphatic carbocycles. The molecule has 0 amide bonds. The first-order chi connectivity index (χ1) is 5.45. The van der Waals surface area contributed by atoms with Gasteiger partial charge in [-0.1, -0.05) is 12.0 Å². The van der Waals surface area contributed by atoms with E-state index in [-0.39, 0.29) is 5.54 Å². The van der Waals surface area contributed by atoms with Crippen LogP contribution in [0.4, 0.5) is 0 Å². The van der Waals surface area contributed by atoms with E-state index in [9.17, 15) is 0 Å². The first-order valence-corrected chi connectivity index (χ1v) is 4.34. The van der Waals surface area contributed by atoms with Crippen molar-refractivity contribution in [2.75, 3.05) is 6.54 Å². The lowest BCUT2D eigenvalue weighted by molar-refractivity contribution is 0.431. The van der Waals surface area contributed by atoms with E-state index in [4.69, 9.17) is 6.42 Å². The van der Waals surface area contributed by atoms with Crippen molar-refractivity contribution in [3.05, 3.63) is 11.6 Å². The van der Waals surface area contributed by atoms with Crippen molar-refractivity contribution >= 4 is 0 Å². The highest BCUT2D eigenvalue weighted by Crippen LogP contribution is 1.99. The van der Waals surface area contributed by atoms with Crippen molar-refractivity contribution in [3.8, 4) is 12.3 Å². The van der Waals surface area contributed by atoms with Crippen LogP contribution in [0.15, 0.2) is 11.6 Å². The minimum absolute atomic E-state index is 0.206. The lowest BCUT2D eigenvalue weighted by Gasteiger charge is -2.19. The van der Waals surface area contributed by atoms with E-state index in [2.05, 4.69) is 38.1 Å². The van der Waals surface area contributed by atoms with Crippen molar-refractivity contribution in [2.45, 2.75) is 39.7 Å². The maximum atomic E-state index is 5.20. The van der Waals surface area contributed by atoms with Crippen molar-refractivity contribution < 1.29 is 0 Å². The van der Waals surface area contributed by atoms with Gasteiger partial charge in [-0.2, -0.15) is 0 Å². The SMILES string of the molecule is C#CC(C)=CCCNC(C)(C)C. The van der Waals surface area contributed by atoms with Crippen LogP contribution in [-0.2, 0) is 0 Å². The maximum Gasteiger partial charge on any atom is 0.00966 e. The predicted molar refractivity (Wildman–Crippen MR) is 55.0 cm³/mol. The van der Waals surface area contributed by atoms with Crippen molar-refractivity contribution in [1.82, 2.24) is 5.32 Å². The summed E-state index contributed by atoms with van der Waals surface area (Å²) in [6.45, 7) is 9.42. The molecule has 0 aromatic rings. The highest BCUT2D eigenvalue weighted by Gasteiger charge is 2.06. The Morgan fingerprint density at radius 1 is 1.50 bits per heavy atom. The maximum absolute atomic E-state index is 5.20. The van der Waals surface area contributed by atoms with Crippen LogP contribution in [0.2, 0.25) is 0 Å². The molecule has 0 unspecified atom stereocenters. The number of nitrogens with one attached hydrogen (secondary N) is 1. The Hall–Kier alpha value is -0.740. The lowest BCUT2D eigenvalue weighted by atomic mass is 10.1. The molecule has 0 atom stereocenters. The fourth-order valence-electron chi connectivity index (χ4n) is 0.795. The molecule has 0 heterocycles. The Bertz CT molecular complexity index is 188. The Labute approximate surface area is 76.2 Å². The largest absolute Gasteiger partial charge is 0.312 e. The fraction of sp³-hybridized carbons (Fsp3) is 0.636. The van der Waals surface area contributed by atoms with E-state index in [0.29, 0.717) is 0 Å². The molecule has 12 heavy (non-hydrogen) atoms. The third kappa shape index (κ3) is 7.37. The standard InChI is InChI=1S/C11H19N/c1-6-10(2)8-7-9-12-11(3,4)5/h1,8,12H,7,9H2,2-5H3. The van der Waals surface area contributed by atoms with Gasteiger partial charge in [0.05, 0.1) is 0 Å². The Morgan fingerprint density at radius 3 is 2.50 bits per heavy atom. The van der Waals surface area contributed by atoms with E-state index >= 15 is 0 Å². The molecule has 0 saturated heterocycles. The van der Waals surface area contributed by atoms with Crippen LogP contribution in [0.5, 0.6) is 0 Å². The zero-order chi connectivity index (χ0) is 9.61. The molecule has 1 heteroatoms. The quantitative estimate of drug-likeness (QED) is 0.500. The van der Waals surface area contributed by atoms with E-state index < -0.39 is 0 Å². The molecule has 0 fully saturated rings. The van der Waals surface area contributed by atoms with Gasteiger partial charge in [-0.25, -0.2) is 0 Å². The Balaban J connectivity index is 3.54. The number of hydrogen-bond acceptors (Lipinski definition) is 1. The summed E-state index contributed by atoms with van der Waals surface area (Å²) in [5.74, 6) is 2.60. The zero-order valence-electron chi connectivity index (χ0n) is 8.57. The summed E-state index contributed by atoms with van der Waals surface area (Å²) in [6, 6.07) is 0. The molecule has 1 N–H and O–H groups in total. The summed E-state index contributed by atoms with van der Waals surface area (Å²) in [7, 11) is 0. The molecule has 0 saturated carbocycles. The molecule has 0 radical (unpaired) electrons. The second kappa shape index (κ2) is 5.00. The molecule has 0 aromatic carbocycles. The van der Waals surface area contributed by atoms with Gasteiger partial charge in [0.25, 0.3) is 0 Å². The summed E-state index contributed by atoms with van der Waals surface area (Å²) < 4.78 is 0. The second-order valence-electron chi connectivity index (χ2n) is 4.00. The average Bonchev–Trinajstić information content (AvgIpc) is 1.96.